The number of hydrogen-bond acceptors (Lipinski definition) is 2. The number of hydrogen-bond donors (Lipinski definition) is 0. The largest absolute Gasteiger partial charge is 0.463 e. The summed E-state index contributed by atoms with van der Waals surface area (Å²) in [6, 6.07) is 2.02. The van der Waals surface area contributed by atoms with E-state index in [0.29, 0.717) is 5.92 Å². The summed E-state index contributed by atoms with van der Waals surface area (Å²) in [5.41, 5.74) is 2.36. The van der Waals surface area contributed by atoms with Crippen molar-refractivity contribution < 1.29 is 4.42 Å². The van der Waals surface area contributed by atoms with Gasteiger partial charge in [-0.25, -0.2) is 0 Å². The predicted molar refractivity (Wildman–Crippen MR) is 48.2 cm³/mol. The van der Waals surface area contributed by atoms with Crippen LogP contribution in [-0.4, -0.2) is 0 Å². The van der Waals surface area contributed by atoms with Crippen molar-refractivity contribution in [3.05, 3.63) is 23.3 Å². The summed E-state index contributed by atoms with van der Waals surface area (Å²) >= 11 is 1.76. The lowest BCUT2D eigenvalue weighted by atomic mass is 10.1. The molecule has 2 aromatic heterocycles. The molecule has 2 heteroatoms. The van der Waals surface area contributed by atoms with E-state index in [9.17, 15) is 0 Å². The SMILES string of the molecule is CC(C)c1coc2ccsc12. The van der Waals surface area contributed by atoms with Crippen LogP contribution in [0.3, 0.4) is 0 Å². The smallest absolute Gasteiger partial charge is 0.144 e. The fraction of sp³-hybridized carbons (Fsp3) is 0.333. The summed E-state index contributed by atoms with van der Waals surface area (Å²) in [6.07, 6.45) is 1.87. The molecule has 0 fully saturated rings. The molecule has 2 aromatic rings. The lowest BCUT2D eigenvalue weighted by Crippen LogP contribution is -1.80. The Labute approximate surface area is 69.6 Å². The van der Waals surface area contributed by atoms with Gasteiger partial charge in [0.05, 0.1) is 11.0 Å². The van der Waals surface area contributed by atoms with Crippen LogP contribution >= 0.6 is 11.3 Å². The van der Waals surface area contributed by atoms with Crippen molar-refractivity contribution in [2.24, 2.45) is 0 Å². The highest BCUT2D eigenvalue weighted by Crippen LogP contribution is 2.31. The summed E-state index contributed by atoms with van der Waals surface area (Å²) < 4.78 is 6.67. The van der Waals surface area contributed by atoms with Crippen LogP contribution in [0.25, 0.3) is 10.3 Å². The van der Waals surface area contributed by atoms with Gasteiger partial charge in [-0.2, -0.15) is 0 Å². The molecular formula is C9H10OS. The molecule has 0 radical (unpaired) electrons. The van der Waals surface area contributed by atoms with E-state index in [4.69, 9.17) is 4.42 Å². The second kappa shape index (κ2) is 2.38. The normalized spacial score (nSPS) is 11.5. The van der Waals surface area contributed by atoms with Gasteiger partial charge in [-0.05, 0) is 17.4 Å². The van der Waals surface area contributed by atoms with Crippen LogP contribution in [0.4, 0.5) is 0 Å². The van der Waals surface area contributed by atoms with Crippen molar-refractivity contribution >= 4 is 21.6 Å². The molecule has 2 rings (SSSR count). The Morgan fingerprint density at radius 1 is 1.45 bits per heavy atom. The molecule has 2 heterocycles. The van der Waals surface area contributed by atoms with Crippen LogP contribution in [0.1, 0.15) is 25.3 Å². The molecule has 0 atom stereocenters. The van der Waals surface area contributed by atoms with Gasteiger partial charge in [0, 0.05) is 5.56 Å². The highest BCUT2D eigenvalue weighted by Gasteiger charge is 2.09. The van der Waals surface area contributed by atoms with E-state index in [2.05, 4.69) is 19.2 Å². The van der Waals surface area contributed by atoms with Gasteiger partial charge < -0.3 is 4.42 Å². The van der Waals surface area contributed by atoms with E-state index in [1.165, 1.54) is 10.3 Å². The average molecular weight is 166 g/mol. The Bertz CT molecular complexity index is 356. The van der Waals surface area contributed by atoms with Gasteiger partial charge in [0.2, 0.25) is 0 Å². The van der Waals surface area contributed by atoms with Gasteiger partial charge in [0.1, 0.15) is 5.58 Å². The maximum atomic E-state index is 5.36. The maximum absolute atomic E-state index is 5.36. The van der Waals surface area contributed by atoms with Crippen LogP contribution in [0.2, 0.25) is 0 Å². The summed E-state index contributed by atoms with van der Waals surface area (Å²) in [5, 5.41) is 2.07. The van der Waals surface area contributed by atoms with E-state index in [1.54, 1.807) is 11.3 Å². The van der Waals surface area contributed by atoms with Crippen LogP contribution in [0.5, 0.6) is 0 Å². The molecule has 0 saturated carbocycles. The number of furan rings is 1. The second-order valence-electron chi connectivity index (χ2n) is 2.96. The average Bonchev–Trinajstić information content (AvgIpc) is 2.41. The van der Waals surface area contributed by atoms with E-state index in [-0.39, 0.29) is 0 Å². The van der Waals surface area contributed by atoms with Gasteiger partial charge in [-0.3, -0.25) is 0 Å². The fourth-order valence-electron chi connectivity index (χ4n) is 1.18. The molecule has 0 bridgehead atoms. The molecule has 0 aromatic carbocycles. The molecule has 0 unspecified atom stereocenters. The zero-order chi connectivity index (χ0) is 7.84. The number of thiophene rings is 1. The minimum atomic E-state index is 0.565. The van der Waals surface area contributed by atoms with E-state index in [1.807, 2.05) is 12.3 Å². The summed E-state index contributed by atoms with van der Waals surface area (Å²) in [5.74, 6) is 0.565. The van der Waals surface area contributed by atoms with Crippen LogP contribution < -0.4 is 0 Å². The zero-order valence-electron chi connectivity index (χ0n) is 6.63. The highest BCUT2D eigenvalue weighted by molar-refractivity contribution is 7.17. The lowest BCUT2D eigenvalue weighted by molar-refractivity contribution is 0.607. The maximum Gasteiger partial charge on any atom is 0.144 e. The molecule has 0 saturated heterocycles. The first-order chi connectivity index (χ1) is 5.29. The van der Waals surface area contributed by atoms with Crippen molar-refractivity contribution in [2.45, 2.75) is 19.8 Å². The first-order valence-corrected chi connectivity index (χ1v) is 4.61. The van der Waals surface area contributed by atoms with Crippen molar-refractivity contribution in [1.29, 1.82) is 0 Å². The first-order valence-electron chi connectivity index (χ1n) is 3.73. The van der Waals surface area contributed by atoms with Crippen molar-refractivity contribution in [3.63, 3.8) is 0 Å². The van der Waals surface area contributed by atoms with E-state index in [0.717, 1.165) is 5.58 Å². The fourth-order valence-corrected chi connectivity index (χ4v) is 2.16. The lowest BCUT2D eigenvalue weighted by Gasteiger charge is -1.96. The van der Waals surface area contributed by atoms with Crippen molar-refractivity contribution in [2.75, 3.05) is 0 Å². The molecule has 0 amide bonds. The Morgan fingerprint density at radius 2 is 2.27 bits per heavy atom. The minimum absolute atomic E-state index is 0.565. The first kappa shape index (κ1) is 6.92. The Balaban J connectivity index is 2.68. The van der Waals surface area contributed by atoms with Gasteiger partial charge in [-0.1, -0.05) is 13.8 Å². The molecule has 11 heavy (non-hydrogen) atoms. The zero-order valence-corrected chi connectivity index (χ0v) is 7.44. The van der Waals surface area contributed by atoms with Gasteiger partial charge in [0.15, 0.2) is 0 Å². The van der Waals surface area contributed by atoms with Crippen LogP contribution in [-0.2, 0) is 0 Å². The molecule has 0 aliphatic heterocycles. The Hall–Kier alpha value is -0.760. The quantitative estimate of drug-likeness (QED) is 0.630. The third-order valence-corrected chi connectivity index (χ3v) is 2.77. The monoisotopic (exact) mass is 166 g/mol. The summed E-state index contributed by atoms with van der Waals surface area (Å²) in [6.45, 7) is 4.37. The van der Waals surface area contributed by atoms with Gasteiger partial charge in [0.25, 0.3) is 0 Å². The third-order valence-electron chi connectivity index (χ3n) is 1.83. The van der Waals surface area contributed by atoms with Gasteiger partial charge in [-0.15, -0.1) is 11.3 Å². The number of fused-ring (bicyclic) bond motifs is 1. The van der Waals surface area contributed by atoms with Crippen LogP contribution in [0.15, 0.2) is 22.1 Å². The molecule has 0 aliphatic carbocycles. The van der Waals surface area contributed by atoms with Crippen molar-refractivity contribution in [1.82, 2.24) is 0 Å². The molecular weight excluding hydrogens is 156 g/mol. The highest BCUT2D eigenvalue weighted by atomic mass is 32.1. The molecule has 1 nitrogen and oxygen atoms in total. The molecule has 0 spiro atoms. The molecule has 58 valence electrons. The Kier molecular flexibility index (Phi) is 1.50. The Morgan fingerprint density at radius 3 is 3.00 bits per heavy atom. The van der Waals surface area contributed by atoms with Crippen LogP contribution in [0, 0.1) is 0 Å². The standard InChI is InChI=1S/C9H10OS/c1-6(2)7-5-10-8-3-4-11-9(7)8/h3-6H,1-2H3. The van der Waals surface area contributed by atoms with Crippen molar-refractivity contribution in [3.8, 4) is 0 Å². The second-order valence-corrected chi connectivity index (χ2v) is 3.88. The van der Waals surface area contributed by atoms with Gasteiger partial charge >= 0.3 is 0 Å². The summed E-state index contributed by atoms with van der Waals surface area (Å²) in [7, 11) is 0. The third kappa shape index (κ3) is 0.979. The molecule has 0 aliphatic rings. The predicted octanol–water partition coefficient (Wildman–Crippen LogP) is 3.62. The summed E-state index contributed by atoms with van der Waals surface area (Å²) in [4.78, 5) is 0. The molecule has 0 N–H and O–H groups in total. The van der Waals surface area contributed by atoms with E-state index < -0.39 is 0 Å². The number of rotatable bonds is 1. The topological polar surface area (TPSA) is 13.1 Å². The van der Waals surface area contributed by atoms with E-state index >= 15 is 0 Å². The minimum Gasteiger partial charge on any atom is -0.463 e.